The van der Waals surface area contributed by atoms with E-state index in [1.807, 2.05) is 0 Å². The normalized spacial score (nSPS) is 21.7. The molecule has 4 nitrogen and oxygen atoms in total. The predicted molar refractivity (Wildman–Crippen MR) is 95.1 cm³/mol. The van der Waals surface area contributed by atoms with Gasteiger partial charge in [-0.2, -0.15) is 0 Å². The summed E-state index contributed by atoms with van der Waals surface area (Å²) in [5, 5.41) is 0. The standard InChI is InChI=1S/C18H36O4Si/c1-19-13-15-21-23(22-16-14-20-2,17-9-5-3-6-10-17)18-11-7-4-8-12-18/h17-18H,3-16H2,1-2H3. The second kappa shape index (κ2) is 10.8. The van der Waals surface area contributed by atoms with Crippen LogP contribution in [0, 0.1) is 0 Å². The fourth-order valence-corrected chi connectivity index (χ4v) is 9.35. The van der Waals surface area contributed by atoms with Gasteiger partial charge in [0.2, 0.25) is 0 Å². The molecular weight excluding hydrogens is 308 g/mol. The van der Waals surface area contributed by atoms with Crippen LogP contribution in [0.25, 0.3) is 0 Å². The van der Waals surface area contributed by atoms with Gasteiger partial charge in [0, 0.05) is 25.3 Å². The van der Waals surface area contributed by atoms with E-state index in [2.05, 4.69) is 0 Å². The van der Waals surface area contributed by atoms with Crippen molar-refractivity contribution < 1.29 is 18.3 Å². The first kappa shape index (κ1) is 19.4. The largest absolute Gasteiger partial charge is 0.391 e. The van der Waals surface area contributed by atoms with Gasteiger partial charge in [0.15, 0.2) is 0 Å². The highest BCUT2D eigenvalue weighted by molar-refractivity contribution is 6.70. The molecule has 0 aromatic carbocycles. The predicted octanol–water partition coefficient (Wildman–Crippen LogP) is 4.42. The van der Waals surface area contributed by atoms with Crippen LogP contribution in [0.3, 0.4) is 0 Å². The Morgan fingerprint density at radius 3 is 1.35 bits per heavy atom. The molecule has 0 heterocycles. The average molecular weight is 345 g/mol. The topological polar surface area (TPSA) is 36.9 Å². The van der Waals surface area contributed by atoms with Crippen LogP contribution in [-0.2, 0) is 18.3 Å². The van der Waals surface area contributed by atoms with Crippen LogP contribution in [0.4, 0.5) is 0 Å². The van der Waals surface area contributed by atoms with Gasteiger partial charge in [0.05, 0.1) is 26.4 Å². The lowest BCUT2D eigenvalue weighted by Gasteiger charge is -2.45. The number of hydrogen-bond donors (Lipinski definition) is 0. The highest BCUT2D eigenvalue weighted by Gasteiger charge is 2.52. The van der Waals surface area contributed by atoms with Crippen molar-refractivity contribution >= 4 is 8.56 Å². The zero-order valence-electron chi connectivity index (χ0n) is 15.2. The zero-order valence-corrected chi connectivity index (χ0v) is 16.2. The molecule has 2 aliphatic carbocycles. The second-order valence-corrected chi connectivity index (χ2v) is 10.7. The summed E-state index contributed by atoms with van der Waals surface area (Å²) in [6.07, 6.45) is 13.3. The van der Waals surface area contributed by atoms with Crippen molar-refractivity contribution in [3.05, 3.63) is 0 Å². The molecule has 2 aliphatic rings. The summed E-state index contributed by atoms with van der Waals surface area (Å²) in [5.41, 5.74) is 1.32. The molecule has 136 valence electrons. The Kier molecular flexibility index (Phi) is 9.12. The lowest BCUT2D eigenvalue weighted by molar-refractivity contribution is 0.0708. The zero-order chi connectivity index (χ0) is 16.4. The van der Waals surface area contributed by atoms with Crippen molar-refractivity contribution in [3.8, 4) is 0 Å². The summed E-state index contributed by atoms with van der Waals surface area (Å²) in [4.78, 5) is 0. The molecule has 0 radical (unpaired) electrons. The Balaban J connectivity index is 2.13. The van der Waals surface area contributed by atoms with E-state index in [1.54, 1.807) is 14.2 Å². The van der Waals surface area contributed by atoms with Crippen LogP contribution in [0.1, 0.15) is 64.2 Å². The first-order valence-corrected chi connectivity index (χ1v) is 11.6. The summed E-state index contributed by atoms with van der Waals surface area (Å²) in [5.74, 6) is 0. The molecule has 0 N–H and O–H groups in total. The van der Waals surface area contributed by atoms with Crippen LogP contribution in [-0.4, -0.2) is 49.2 Å². The van der Waals surface area contributed by atoms with Gasteiger partial charge < -0.3 is 18.3 Å². The lowest BCUT2D eigenvalue weighted by atomic mass is 9.99. The fraction of sp³-hybridized carbons (Fsp3) is 1.00. The van der Waals surface area contributed by atoms with Crippen LogP contribution in [0.5, 0.6) is 0 Å². The average Bonchev–Trinajstić information content (AvgIpc) is 2.62. The van der Waals surface area contributed by atoms with Crippen molar-refractivity contribution in [2.75, 3.05) is 40.6 Å². The number of hydrogen-bond acceptors (Lipinski definition) is 4. The maximum atomic E-state index is 6.63. The van der Waals surface area contributed by atoms with Crippen LogP contribution in [0.2, 0.25) is 11.1 Å². The summed E-state index contributed by atoms with van der Waals surface area (Å²) < 4.78 is 23.8. The Labute approximate surface area is 143 Å². The molecular formula is C18H36O4Si. The highest BCUT2D eigenvalue weighted by Crippen LogP contribution is 2.49. The summed E-state index contributed by atoms with van der Waals surface area (Å²) in [6, 6.07) is 0. The molecule has 2 saturated carbocycles. The number of methoxy groups -OCH3 is 2. The molecule has 2 rings (SSSR count). The fourth-order valence-electron chi connectivity index (χ4n) is 4.43. The smallest absolute Gasteiger partial charge is 0.344 e. The number of rotatable bonds is 10. The molecule has 0 aromatic heterocycles. The first-order valence-electron chi connectivity index (χ1n) is 9.59. The third kappa shape index (κ3) is 5.53. The highest BCUT2D eigenvalue weighted by atomic mass is 28.4. The molecule has 23 heavy (non-hydrogen) atoms. The van der Waals surface area contributed by atoms with Gasteiger partial charge in [0.1, 0.15) is 0 Å². The minimum Gasteiger partial charge on any atom is -0.391 e. The summed E-state index contributed by atoms with van der Waals surface area (Å²) >= 11 is 0. The Morgan fingerprint density at radius 2 is 1.00 bits per heavy atom. The van der Waals surface area contributed by atoms with Crippen molar-refractivity contribution in [2.45, 2.75) is 75.3 Å². The van der Waals surface area contributed by atoms with Gasteiger partial charge in [-0.15, -0.1) is 0 Å². The van der Waals surface area contributed by atoms with Gasteiger partial charge in [-0.25, -0.2) is 0 Å². The molecule has 0 aliphatic heterocycles. The van der Waals surface area contributed by atoms with Crippen molar-refractivity contribution in [3.63, 3.8) is 0 Å². The molecule has 0 bridgehead atoms. The molecule has 0 atom stereocenters. The third-order valence-electron chi connectivity index (χ3n) is 5.58. The van der Waals surface area contributed by atoms with E-state index in [0.29, 0.717) is 37.5 Å². The molecule has 0 aromatic rings. The molecule has 2 fully saturated rings. The molecule has 0 unspecified atom stereocenters. The van der Waals surface area contributed by atoms with E-state index < -0.39 is 8.56 Å². The molecule has 5 heteroatoms. The second-order valence-electron chi connectivity index (χ2n) is 7.07. The van der Waals surface area contributed by atoms with Crippen LogP contribution in [0.15, 0.2) is 0 Å². The summed E-state index contributed by atoms with van der Waals surface area (Å²) in [6.45, 7) is 2.70. The van der Waals surface area contributed by atoms with Gasteiger partial charge in [-0.1, -0.05) is 38.5 Å². The minimum absolute atomic E-state index is 0.660. The minimum atomic E-state index is -2.23. The maximum absolute atomic E-state index is 6.63. The first-order chi connectivity index (χ1) is 11.3. The van der Waals surface area contributed by atoms with Crippen LogP contribution < -0.4 is 0 Å². The van der Waals surface area contributed by atoms with E-state index in [1.165, 1.54) is 64.2 Å². The number of ether oxygens (including phenoxy) is 2. The quantitative estimate of drug-likeness (QED) is 0.434. The van der Waals surface area contributed by atoms with Crippen LogP contribution >= 0.6 is 0 Å². The van der Waals surface area contributed by atoms with E-state index >= 15 is 0 Å². The van der Waals surface area contributed by atoms with Crippen molar-refractivity contribution in [1.29, 1.82) is 0 Å². The molecule has 0 saturated heterocycles. The van der Waals surface area contributed by atoms with Gasteiger partial charge in [0.25, 0.3) is 0 Å². The van der Waals surface area contributed by atoms with E-state index in [0.717, 1.165) is 0 Å². The van der Waals surface area contributed by atoms with E-state index in [9.17, 15) is 0 Å². The van der Waals surface area contributed by atoms with Gasteiger partial charge >= 0.3 is 8.56 Å². The Morgan fingerprint density at radius 1 is 0.609 bits per heavy atom. The lowest BCUT2D eigenvalue weighted by Crippen LogP contribution is -2.53. The summed E-state index contributed by atoms with van der Waals surface area (Å²) in [7, 11) is 1.27. The SMILES string of the molecule is COCCO[Si](OCCOC)(C1CCCCC1)C1CCCCC1. The maximum Gasteiger partial charge on any atom is 0.344 e. The van der Waals surface area contributed by atoms with Gasteiger partial charge in [-0.3, -0.25) is 0 Å². The molecule has 0 amide bonds. The monoisotopic (exact) mass is 344 g/mol. The third-order valence-corrected chi connectivity index (χ3v) is 10.3. The Bertz CT molecular complexity index is 271. The Hall–Kier alpha value is 0.0569. The van der Waals surface area contributed by atoms with Gasteiger partial charge in [-0.05, 0) is 25.7 Å². The van der Waals surface area contributed by atoms with Crippen molar-refractivity contribution in [1.82, 2.24) is 0 Å². The van der Waals surface area contributed by atoms with E-state index in [-0.39, 0.29) is 0 Å². The van der Waals surface area contributed by atoms with Crippen molar-refractivity contribution in [2.24, 2.45) is 0 Å². The van der Waals surface area contributed by atoms with E-state index in [4.69, 9.17) is 18.3 Å². The molecule has 0 spiro atoms.